The number of halogens is 1. The van der Waals surface area contributed by atoms with Crippen LogP contribution in [0.25, 0.3) is 0 Å². The Morgan fingerprint density at radius 3 is 2.65 bits per heavy atom. The van der Waals surface area contributed by atoms with Crippen LogP contribution in [0, 0.1) is 0 Å². The summed E-state index contributed by atoms with van der Waals surface area (Å²) in [6, 6.07) is 5.38. The highest BCUT2D eigenvalue weighted by atomic mass is 79.9. The van der Waals surface area contributed by atoms with Crippen molar-refractivity contribution in [1.82, 2.24) is 0 Å². The zero-order chi connectivity index (χ0) is 12.7. The Balaban J connectivity index is 2.44. The number of benzene rings is 1. The van der Waals surface area contributed by atoms with Gasteiger partial charge in [0, 0.05) is 22.1 Å². The Morgan fingerprint density at radius 2 is 1.94 bits per heavy atom. The number of carbonyl (C=O) groups is 1. The molecule has 0 atom stereocenters. The van der Waals surface area contributed by atoms with Gasteiger partial charge in [0.2, 0.25) is 0 Å². The number of rotatable bonds is 7. The first-order valence-electron chi connectivity index (χ1n) is 6.23. The van der Waals surface area contributed by atoms with Gasteiger partial charge in [-0.25, -0.2) is 0 Å². The van der Waals surface area contributed by atoms with Gasteiger partial charge in [-0.15, -0.1) is 0 Å². The lowest BCUT2D eigenvalue weighted by atomic mass is 10.0. The molecule has 0 amide bonds. The number of Topliss-reactive ketones (excluding diaryl/α,β-unsaturated/α-hetero) is 1. The molecule has 1 aromatic rings. The van der Waals surface area contributed by atoms with Crippen molar-refractivity contribution in [3.8, 4) is 0 Å². The summed E-state index contributed by atoms with van der Waals surface area (Å²) in [5, 5.41) is 0. The number of anilines is 1. The van der Waals surface area contributed by atoms with E-state index in [0.717, 1.165) is 17.3 Å². The van der Waals surface area contributed by atoms with Crippen LogP contribution < -0.4 is 5.73 Å². The summed E-state index contributed by atoms with van der Waals surface area (Å²) in [7, 11) is 0. The maximum atomic E-state index is 12.0. The van der Waals surface area contributed by atoms with E-state index >= 15 is 0 Å². The molecule has 0 aliphatic heterocycles. The summed E-state index contributed by atoms with van der Waals surface area (Å²) in [4.78, 5) is 12.0. The topological polar surface area (TPSA) is 43.1 Å². The first kappa shape index (κ1) is 14.2. The smallest absolute Gasteiger partial charge is 0.164 e. The fourth-order valence-electron chi connectivity index (χ4n) is 1.78. The van der Waals surface area contributed by atoms with Crippen molar-refractivity contribution in [1.29, 1.82) is 0 Å². The predicted molar refractivity (Wildman–Crippen MR) is 76.3 cm³/mol. The van der Waals surface area contributed by atoms with Crippen LogP contribution in [0.15, 0.2) is 22.7 Å². The molecule has 0 aliphatic carbocycles. The van der Waals surface area contributed by atoms with Crippen molar-refractivity contribution in [2.24, 2.45) is 0 Å². The first-order valence-corrected chi connectivity index (χ1v) is 7.02. The highest BCUT2D eigenvalue weighted by Crippen LogP contribution is 2.22. The minimum Gasteiger partial charge on any atom is -0.399 e. The van der Waals surface area contributed by atoms with E-state index in [-0.39, 0.29) is 5.78 Å². The third-order valence-corrected chi connectivity index (χ3v) is 3.49. The van der Waals surface area contributed by atoms with Gasteiger partial charge in [0.25, 0.3) is 0 Å². The minimum atomic E-state index is 0.181. The summed E-state index contributed by atoms with van der Waals surface area (Å²) in [5.74, 6) is 0.181. The summed E-state index contributed by atoms with van der Waals surface area (Å²) >= 11 is 3.39. The van der Waals surface area contributed by atoms with Crippen LogP contribution >= 0.6 is 15.9 Å². The normalized spacial score (nSPS) is 10.5. The van der Waals surface area contributed by atoms with E-state index in [1.807, 2.05) is 6.07 Å². The second kappa shape index (κ2) is 7.49. The van der Waals surface area contributed by atoms with Crippen LogP contribution in [0.4, 0.5) is 5.69 Å². The zero-order valence-corrected chi connectivity index (χ0v) is 11.9. The van der Waals surface area contributed by atoms with Gasteiger partial charge >= 0.3 is 0 Å². The fraction of sp³-hybridized carbons (Fsp3) is 0.500. The fourth-order valence-corrected chi connectivity index (χ4v) is 2.25. The van der Waals surface area contributed by atoms with Gasteiger partial charge < -0.3 is 5.73 Å². The Hall–Kier alpha value is -0.830. The second-order valence-electron chi connectivity index (χ2n) is 4.33. The highest BCUT2D eigenvalue weighted by Gasteiger charge is 2.09. The maximum Gasteiger partial charge on any atom is 0.164 e. The SMILES string of the molecule is CCCCCCCC(=O)c1cc(N)ccc1Br. The molecule has 1 aromatic carbocycles. The molecule has 17 heavy (non-hydrogen) atoms. The highest BCUT2D eigenvalue weighted by molar-refractivity contribution is 9.10. The molecular formula is C14H20BrNO. The number of nitrogens with two attached hydrogens (primary N) is 1. The maximum absolute atomic E-state index is 12.0. The molecular weight excluding hydrogens is 278 g/mol. The molecule has 0 bridgehead atoms. The molecule has 94 valence electrons. The summed E-state index contributed by atoms with van der Waals surface area (Å²) in [6.45, 7) is 2.19. The van der Waals surface area contributed by atoms with Gasteiger partial charge in [-0.2, -0.15) is 0 Å². The molecule has 0 heterocycles. The van der Waals surface area contributed by atoms with E-state index < -0.39 is 0 Å². The Kier molecular flexibility index (Phi) is 6.27. The van der Waals surface area contributed by atoms with Gasteiger partial charge in [-0.1, -0.05) is 48.5 Å². The van der Waals surface area contributed by atoms with Crippen LogP contribution in [0.3, 0.4) is 0 Å². The molecule has 0 saturated carbocycles. The van der Waals surface area contributed by atoms with Gasteiger partial charge in [0.1, 0.15) is 0 Å². The third-order valence-electron chi connectivity index (χ3n) is 2.80. The number of ketones is 1. The van der Waals surface area contributed by atoms with Gasteiger partial charge in [0.15, 0.2) is 5.78 Å². The lowest BCUT2D eigenvalue weighted by Gasteiger charge is -2.05. The van der Waals surface area contributed by atoms with E-state index in [9.17, 15) is 4.79 Å². The number of carbonyl (C=O) groups excluding carboxylic acids is 1. The summed E-state index contributed by atoms with van der Waals surface area (Å²) in [5.41, 5.74) is 7.04. The molecule has 0 aliphatic rings. The molecule has 0 unspecified atom stereocenters. The lowest BCUT2D eigenvalue weighted by Crippen LogP contribution is -2.01. The lowest BCUT2D eigenvalue weighted by molar-refractivity contribution is 0.0978. The second-order valence-corrected chi connectivity index (χ2v) is 5.18. The molecule has 0 aromatic heterocycles. The zero-order valence-electron chi connectivity index (χ0n) is 10.3. The van der Waals surface area contributed by atoms with Crippen molar-refractivity contribution < 1.29 is 4.79 Å². The Morgan fingerprint density at radius 1 is 1.24 bits per heavy atom. The number of nitrogen functional groups attached to an aromatic ring is 1. The third kappa shape index (κ3) is 4.90. The average Bonchev–Trinajstić information content (AvgIpc) is 2.32. The van der Waals surface area contributed by atoms with Gasteiger partial charge in [-0.05, 0) is 24.6 Å². The van der Waals surface area contributed by atoms with Crippen molar-refractivity contribution in [3.63, 3.8) is 0 Å². The van der Waals surface area contributed by atoms with E-state index in [1.54, 1.807) is 12.1 Å². The summed E-state index contributed by atoms with van der Waals surface area (Å²) in [6.07, 6.45) is 6.44. The van der Waals surface area contributed by atoms with Crippen LogP contribution in [0.1, 0.15) is 55.8 Å². The molecule has 2 N–H and O–H groups in total. The largest absolute Gasteiger partial charge is 0.399 e. The van der Waals surface area contributed by atoms with Crippen molar-refractivity contribution in [3.05, 3.63) is 28.2 Å². The van der Waals surface area contributed by atoms with E-state index in [2.05, 4.69) is 22.9 Å². The molecule has 2 nitrogen and oxygen atoms in total. The monoisotopic (exact) mass is 297 g/mol. The molecule has 0 fully saturated rings. The number of unbranched alkanes of at least 4 members (excludes halogenated alkanes) is 4. The van der Waals surface area contributed by atoms with Gasteiger partial charge in [-0.3, -0.25) is 4.79 Å². The Labute approximate surface area is 112 Å². The first-order chi connectivity index (χ1) is 8.15. The van der Waals surface area contributed by atoms with Crippen LogP contribution in [0.5, 0.6) is 0 Å². The average molecular weight is 298 g/mol. The molecule has 0 spiro atoms. The van der Waals surface area contributed by atoms with Crippen molar-refractivity contribution >= 4 is 27.4 Å². The molecule has 1 rings (SSSR count). The van der Waals surface area contributed by atoms with Crippen LogP contribution in [-0.2, 0) is 0 Å². The quantitative estimate of drug-likeness (QED) is 0.455. The summed E-state index contributed by atoms with van der Waals surface area (Å²) < 4.78 is 0.838. The van der Waals surface area contributed by atoms with E-state index in [1.165, 1.54) is 19.3 Å². The Bertz CT molecular complexity index is 376. The number of hydrogen-bond acceptors (Lipinski definition) is 2. The van der Waals surface area contributed by atoms with Gasteiger partial charge in [0.05, 0.1) is 0 Å². The number of hydrogen-bond donors (Lipinski definition) is 1. The standard InChI is InChI=1S/C14H20BrNO/c1-2-3-4-5-6-7-14(17)12-10-11(16)8-9-13(12)15/h8-10H,2-7,16H2,1H3. The molecule has 0 radical (unpaired) electrons. The molecule has 3 heteroatoms. The van der Waals surface area contributed by atoms with Crippen LogP contribution in [-0.4, -0.2) is 5.78 Å². The minimum absolute atomic E-state index is 0.181. The van der Waals surface area contributed by atoms with Crippen LogP contribution in [0.2, 0.25) is 0 Å². The van der Waals surface area contributed by atoms with E-state index in [4.69, 9.17) is 5.73 Å². The van der Waals surface area contributed by atoms with Crippen molar-refractivity contribution in [2.75, 3.05) is 5.73 Å². The van der Waals surface area contributed by atoms with Crippen molar-refractivity contribution in [2.45, 2.75) is 45.4 Å². The van der Waals surface area contributed by atoms with E-state index in [0.29, 0.717) is 17.7 Å². The predicted octanol–water partition coefficient (Wildman–Crippen LogP) is 4.57. The molecule has 0 saturated heterocycles.